The standard InChI is InChI=1S/C9H11F2N/c1-2-6-12-9-7(10)4-3-5-8(9)11/h3-5,12H,2,6H2,1H3. The van der Waals surface area contributed by atoms with E-state index in [0.717, 1.165) is 6.42 Å². The van der Waals surface area contributed by atoms with Gasteiger partial charge in [-0.05, 0) is 18.6 Å². The Labute approximate surface area is 70.4 Å². The zero-order chi connectivity index (χ0) is 8.97. The number of para-hydroxylation sites is 1. The van der Waals surface area contributed by atoms with Crippen molar-refractivity contribution in [2.75, 3.05) is 11.9 Å². The summed E-state index contributed by atoms with van der Waals surface area (Å²) in [5.41, 5.74) is -0.0284. The molecule has 0 unspecified atom stereocenters. The first kappa shape index (κ1) is 8.97. The summed E-state index contributed by atoms with van der Waals surface area (Å²) in [6, 6.07) is 3.82. The lowest BCUT2D eigenvalue weighted by Crippen LogP contribution is -2.03. The van der Waals surface area contributed by atoms with E-state index < -0.39 is 11.6 Å². The molecule has 0 radical (unpaired) electrons. The molecule has 1 rings (SSSR count). The summed E-state index contributed by atoms with van der Waals surface area (Å²) in [5.74, 6) is -1.08. The maximum Gasteiger partial charge on any atom is 0.149 e. The average Bonchev–Trinajstić information content (AvgIpc) is 2.04. The van der Waals surface area contributed by atoms with Gasteiger partial charge < -0.3 is 5.32 Å². The highest BCUT2D eigenvalue weighted by atomic mass is 19.1. The van der Waals surface area contributed by atoms with E-state index in [-0.39, 0.29) is 5.69 Å². The molecule has 1 aromatic carbocycles. The van der Waals surface area contributed by atoms with Gasteiger partial charge in [0.05, 0.1) is 0 Å². The maximum absolute atomic E-state index is 12.9. The van der Waals surface area contributed by atoms with E-state index in [1.54, 1.807) is 0 Å². The predicted molar refractivity (Wildman–Crippen MR) is 45.1 cm³/mol. The smallest absolute Gasteiger partial charge is 0.149 e. The molecule has 3 heteroatoms. The second-order valence-electron chi connectivity index (χ2n) is 2.52. The minimum atomic E-state index is -0.538. The molecule has 0 saturated carbocycles. The first-order valence-corrected chi connectivity index (χ1v) is 3.93. The van der Waals surface area contributed by atoms with Crippen LogP contribution >= 0.6 is 0 Å². The second-order valence-corrected chi connectivity index (χ2v) is 2.52. The monoisotopic (exact) mass is 171 g/mol. The van der Waals surface area contributed by atoms with Crippen molar-refractivity contribution in [3.63, 3.8) is 0 Å². The highest BCUT2D eigenvalue weighted by Crippen LogP contribution is 2.17. The van der Waals surface area contributed by atoms with Crippen molar-refractivity contribution in [1.29, 1.82) is 0 Å². The molecule has 66 valence electrons. The van der Waals surface area contributed by atoms with Gasteiger partial charge in [0.2, 0.25) is 0 Å². The Hall–Kier alpha value is -1.12. The van der Waals surface area contributed by atoms with Gasteiger partial charge in [-0.1, -0.05) is 13.0 Å². The fraction of sp³-hybridized carbons (Fsp3) is 0.333. The molecule has 0 aliphatic heterocycles. The van der Waals surface area contributed by atoms with Gasteiger partial charge in [0, 0.05) is 6.54 Å². The predicted octanol–water partition coefficient (Wildman–Crippen LogP) is 2.79. The Kier molecular flexibility index (Phi) is 3.02. The maximum atomic E-state index is 12.9. The molecule has 0 amide bonds. The molecule has 0 heterocycles. The van der Waals surface area contributed by atoms with E-state index in [4.69, 9.17) is 0 Å². The molecule has 1 nitrogen and oxygen atoms in total. The lowest BCUT2D eigenvalue weighted by Gasteiger charge is -2.06. The third-order valence-electron chi connectivity index (χ3n) is 1.51. The third kappa shape index (κ3) is 1.94. The fourth-order valence-corrected chi connectivity index (χ4v) is 0.917. The van der Waals surface area contributed by atoms with Gasteiger partial charge in [0.15, 0.2) is 0 Å². The summed E-state index contributed by atoms with van der Waals surface area (Å²) in [7, 11) is 0. The number of benzene rings is 1. The van der Waals surface area contributed by atoms with Gasteiger partial charge >= 0.3 is 0 Å². The summed E-state index contributed by atoms with van der Waals surface area (Å²) in [4.78, 5) is 0. The summed E-state index contributed by atoms with van der Waals surface area (Å²) < 4.78 is 25.7. The summed E-state index contributed by atoms with van der Waals surface area (Å²) in [5, 5.41) is 2.68. The van der Waals surface area contributed by atoms with Crippen molar-refractivity contribution in [2.24, 2.45) is 0 Å². The molecule has 0 saturated heterocycles. The van der Waals surface area contributed by atoms with Crippen LogP contribution in [-0.4, -0.2) is 6.54 Å². The number of hydrogen-bond acceptors (Lipinski definition) is 1. The quantitative estimate of drug-likeness (QED) is 0.737. The minimum Gasteiger partial charge on any atom is -0.380 e. The molecule has 0 aliphatic carbocycles. The minimum absolute atomic E-state index is 0.0284. The van der Waals surface area contributed by atoms with E-state index in [9.17, 15) is 8.78 Å². The zero-order valence-corrected chi connectivity index (χ0v) is 6.90. The Balaban J connectivity index is 2.81. The van der Waals surface area contributed by atoms with Crippen LogP contribution in [0.3, 0.4) is 0 Å². The van der Waals surface area contributed by atoms with Gasteiger partial charge in [-0.15, -0.1) is 0 Å². The molecule has 0 bridgehead atoms. The SMILES string of the molecule is CCCNc1c(F)cccc1F. The third-order valence-corrected chi connectivity index (χ3v) is 1.51. The van der Waals surface area contributed by atoms with Crippen LogP contribution in [0.2, 0.25) is 0 Å². The summed E-state index contributed by atoms with van der Waals surface area (Å²) in [6.45, 7) is 2.52. The normalized spacial score (nSPS) is 9.92. The number of anilines is 1. The van der Waals surface area contributed by atoms with Gasteiger partial charge in [-0.25, -0.2) is 8.78 Å². The molecule has 0 aromatic heterocycles. The van der Waals surface area contributed by atoms with Gasteiger partial charge in [0.1, 0.15) is 17.3 Å². The van der Waals surface area contributed by atoms with Crippen LogP contribution in [0.4, 0.5) is 14.5 Å². The Morgan fingerprint density at radius 3 is 2.33 bits per heavy atom. The van der Waals surface area contributed by atoms with Gasteiger partial charge in [0.25, 0.3) is 0 Å². The molecule has 0 aliphatic rings. The molecule has 0 spiro atoms. The zero-order valence-electron chi connectivity index (χ0n) is 6.90. The van der Waals surface area contributed by atoms with Crippen LogP contribution in [0, 0.1) is 11.6 Å². The number of nitrogens with one attached hydrogen (secondary N) is 1. The van der Waals surface area contributed by atoms with Crippen molar-refractivity contribution in [3.05, 3.63) is 29.8 Å². The topological polar surface area (TPSA) is 12.0 Å². The molecular weight excluding hydrogens is 160 g/mol. The van der Waals surface area contributed by atoms with Crippen LogP contribution in [0.15, 0.2) is 18.2 Å². The number of rotatable bonds is 3. The van der Waals surface area contributed by atoms with Crippen molar-refractivity contribution < 1.29 is 8.78 Å². The molecule has 0 fully saturated rings. The Bertz CT molecular complexity index is 240. The van der Waals surface area contributed by atoms with Crippen LogP contribution in [0.1, 0.15) is 13.3 Å². The molecule has 1 aromatic rings. The first-order valence-electron chi connectivity index (χ1n) is 3.93. The average molecular weight is 171 g/mol. The van der Waals surface area contributed by atoms with E-state index in [2.05, 4.69) is 5.32 Å². The van der Waals surface area contributed by atoms with Crippen molar-refractivity contribution in [3.8, 4) is 0 Å². The van der Waals surface area contributed by atoms with Crippen LogP contribution in [0.5, 0.6) is 0 Å². The Morgan fingerprint density at radius 2 is 1.83 bits per heavy atom. The Morgan fingerprint density at radius 1 is 1.25 bits per heavy atom. The highest BCUT2D eigenvalue weighted by molar-refractivity contribution is 5.45. The fourth-order valence-electron chi connectivity index (χ4n) is 0.917. The van der Waals surface area contributed by atoms with Crippen molar-refractivity contribution in [1.82, 2.24) is 0 Å². The molecule has 12 heavy (non-hydrogen) atoms. The second kappa shape index (κ2) is 4.04. The number of halogens is 2. The largest absolute Gasteiger partial charge is 0.380 e. The van der Waals surface area contributed by atoms with E-state index in [1.807, 2.05) is 6.92 Å². The van der Waals surface area contributed by atoms with E-state index in [1.165, 1.54) is 18.2 Å². The lowest BCUT2D eigenvalue weighted by molar-refractivity contribution is 0.588. The van der Waals surface area contributed by atoms with E-state index in [0.29, 0.717) is 6.54 Å². The van der Waals surface area contributed by atoms with Crippen LogP contribution in [-0.2, 0) is 0 Å². The van der Waals surface area contributed by atoms with Crippen molar-refractivity contribution in [2.45, 2.75) is 13.3 Å². The summed E-state index contributed by atoms with van der Waals surface area (Å²) in [6.07, 6.45) is 0.841. The lowest BCUT2D eigenvalue weighted by atomic mass is 10.3. The van der Waals surface area contributed by atoms with E-state index >= 15 is 0 Å². The molecular formula is C9H11F2N. The highest BCUT2D eigenvalue weighted by Gasteiger charge is 2.05. The van der Waals surface area contributed by atoms with Crippen molar-refractivity contribution >= 4 is 5.69 Å². The number of hydrogen-bond donors (Lipinski definition) is 1. The van der Waals surface area contributed by atoms with Crippen LogP contribution < -0.4 is 5.32 Å². The van der Waals surface area contributed by atoms with Crippen LogP contribution in [0.25, 0.3) is 0 Å². The summed E-state index contributed by atoms with van der Waals surface area (Å²) >= 11 is 0. The van der Waals surface area contributed by atoms with Gasteiger partial charge in [-0.3, -0.25) is 0 Å². The first-order chi connectivity index (χ1) is 5.75. The molecule has 1 N–H and O–H groups in total. The van der Waals surface area contributed by atoms with Gasteiger partial charge in [-0.2, -0.15) is 0 Å². The molecule has 0 atom stereocenters.